The van der Waals surface area contributed by atoms with Crippen molar-refractivity contribution in [3.05, 3.63) is 0 Å². The molecule has 0 saturated heterocycles. The monoisotopic (exact) mass is 259 g/mol. The first-order valence-electron chi connectivity index (χ1n) is 5.72. The van der Waals surface area contributed by atoms with Gasteiger partial charge in [0.1, 0.15) is 6.54 Å². The van der Waals surface area contributed by atoms with E-state index in [1.165, 1.54) is 0 Å². The van der Waals surface area contributed by atoms with Gasteiger partial charge in [0.2, 0.25) is 5.91 Å². The van der Waals surface area contributed by atoms with Crippen molar-refractivity contribution in [3.63, 3.8) is 0 Å². The molecule has 0 aromatic rings. The van der Waals surface area contributed by atoms with Crippen LogP contribution in [0.3, 0.4) is 0 Å². The first-order valence-corrected chi connectivity index (χ1v) is 5.72. The van der Waals surface area contributed by atoms with Crippen LogP contribution in [0, 0.1) is 0 Å². The van der Waals surface area contributed by atoms with Gasteiger partial charge in [0.25, 0.3) is 0 Å². The molecule has 0 bridgehead atoms. The summed E-state index contributed by atoms with van der Waals surface area (Å²) < 4.78 is 0. The number of carbonyl (C=O) groups is 3. The molecule has 0 aliphatic rings. The lowest BCUT2D eigenvalue weighted by Crippen LogP contribution is -2.53. The van der Waals surface area contributed by atoms with Crippen molar-refractivity contribution < 1.29 is 19.5 Å². The Morgan fingerprint density at radius 3 is 2.11 bits per heavy atom. The molecule has 0 aliphatic heterocycles. The Morgan fingerprint density at radius 1 is 1.17 bits per heavy atom. The summed E-state index contributed by atoms with van der Waals surface area (Å²) in [6, 6.07) is -0.573. The maximum absolute atomic E-state index is 11.8. The van der Waals surface area contributed by atoms with E-state index >= 15 is 0 Å². The van der Waals surface area contributed by atoms with Crippen LogP contribution in [0.5, 0.6) is 0 Å². The second-order valence-corrected chi connectivity index (χ2v) is 4.76. The normalized spacial score (nSPS) is 10.7. The Kier molecular flexibility index (Phi) is 6.15. The summed E-state index contributed by atoms with van der Waals surface area (Å²) in [6.07, 6.45) is 0. The summed E-state index contributed by atoms with van der Waals surface area (Å²) in [6.45, 7) is 6.84. The highest BCUT2D eigenvalue weighted by atomic mass is 16.4. The van der Waals surface area contributed by atoms with E-state index in [2.05, 4.69) is 10.6 Å². The van der Waals surface area contributed by atoms with Crippen molar-refractivity contribution in [1.29, 1.82) is 0 Å². The SMILES string of the molecule is CCNC(=O)CNC(=O)N(CC(=O)O)C(C)(C)C. The van der Waals surface area contributed by atoms with Gasteiger partial charge in [-0.3, -0.25) is 9.59 Å². The first-order chi connectivity index (χ1) is 8.18. The number of nitrogens with one attached hydrogen (secondary N) is 2. The van der Waals surface area contributed by atoms with E-state index < -0.39 is 24.1 Å². The number of nitrogens with zero attached hydrogens (tertiary/aromatic N) is 1. The molecule has 0 radical (unpaired) electrons. The van der Waals surface area contributed by atoms with Crippen molar-refractivity contribution in [3.8, 4) is 0 Å². The van der Waals surface area contributed by atoms with E-state index in [0.29, 0.717) is 6.54 Å². The van der Waals surface area contributed by atoms with Gasteiger partial charge in [-0.15, -0.1) is 0 Å². The molecule has 0 atom stereocenters. The topological polar surface area (TPSA) is 98.7 Å². The molecule has 3 N–H and O–H groups in total. The molecule has 0 unspecified atom stereocenters. The lowest BCUT2D eigenvalue weighted by atomic mass is 10.1. The number of amides is 3. The molecule has 18 heavy (non-hydrogen) atoms. The fourth-order valence-corrected chi connectivity index (χ4v) is 1.26. The summed E-state index contributed by atoms with van der Waals surface area (Å²) >= 11 is 0. The first kappa shape index (κ1) is 16.2. The molecule has 0 aliphatic carbocycles. The summed E-state index contributed by atoms with van der Waals surface area (Å²) in [5, 5.41) is 13.7. The molecule has 0 heterocycles. The second kappa shape index (κ2) is 6.83. The van der Waals surface area contributed by atoms with Gasteiger partial charge in [0, 0.05) is 12.1 Å². The Hall–Kier alpha value is -1.79. The average molecular weight is 259 g/mol. The Labute approximate surface area is 107 Å². The molecule has 0 spiro atoms. The minimum Gasteiger partial charge on any atom is -0.480 e. The van der Waals surface area contributed by atoms with E-state index in [0.717, 1.165) is 4.90 Å². The highest BCUT2D eigenvalue weighted by Crippen LogP contribution is 2.12. The Balaban J connectivity index is 4.49. The van der Waals surface area contributed by atoms with E-state index in [1.54, 1.807) is 27.7 Å². The lowest BCUT2D eigenvalue weighted by Gasteiger charge is -2.34. The van der Waals surface area contributed by atoms with E-state index in [9.17, 15) is 14.4 Å². The fraction of sp³-hybridized carbons (Fsp3) is 0.727. The van der Waals surface area contributed by atoms with Gasteiger partial charge >= 0.3 is 12.0 Å². The molecular weight excluding hydrogens is 238 g/mol. The Morgan fingerprint density at radius 2 is 1.72 bits per heavy atom. The van der Waals surface area contributed by atoms with Crippen molar-refractivity contribution in [2.24, 2.45) is 0 Å². The third-order valence-corrected chi connectivity index (χ3v) is 2.12. The largest absolute Gasteiger partial charge is 0.480 e. The van der Waals surface area contributed by atoms with Crippen LogP contribution in [0.1, 0.15) is 27.7 Å². The molecule has 3 amide bonds. The molecule has 7 nitrogen and oxygen atoms in total. The van der Waals surface area contributed by atoms with Crippen LogP contribution >= 0.6 is 0 Å². The molecule has 0 aromatic heterocycles. The van der Waals surface area contributed by atoms with Crippen molar-refractivity contribution in [1.82, 2.24) is 15.5 Å². The summed E-state index contributed by atoms with van der Waals surface area (Å²) in [4.78, 5) is 34.8. The number of rotatable bonds is 5. The van der Waals surface area contributed by atoms with Crippen LogP contribution in [0.25, 0.3) is 0 Å². The highest BCUT2D eigenvalue weighted by Gasteiger charge is 2.28. The minimum absolute atomic E-state index is 0.168. The number of likely N-dealkylation sites (N-methyl/N-ethyl adjacent to an activating group) is 1. The zero-order valence-corrected chi connectivity index (χ0v) is 11.2. The van der Waals surface area contributed by atoms with Crippen LogP contribution in [0.4, 0.5) is 4.79 Å². The van der Waals surface area contributed by atoms with Gasteiger partial charge in [-0.2, -0.15) is 0 Å². The van der Waals surface area contributed by atoms with E-state index in [1.807, 2.05) is 0 Å². The van der Waals surface area contributed by atoms with Gasteiger partial charge in [0.15, 0.2) is 0 Å². The van der Waals surface area contributed by atoms with Crippen LogP contribution in [0.15, 0.2) is 0 Å². The molecule has 0 saturated carbocycles. The molecule has 0 rings (SSSR count). The molecule has 0 aromatic carbocycles. The minimum atomic E-state index is -1.10. The third-order valence-electron chi connectivity index (χ3n) is 2.12. The summed E-state index contributed by atoms with van der Waals surface area (Å²) in [5.41, 5.74) is -0.635. The Bertz CT molecular complexity index is 323. The zero-order chi connectivity index (χ0) is 14.3. The third kappa shape index (κ3) is 6.07. The van der Waals surface area contributed by atoms with Gasteiger partial charge in [-0.25, -0.2) is 4.79 Å². The molecule has 104 valence electrons. The standard InChI is InChI=1S/C11H21N3O4/c1-5-12-8(15)6-13-10(18)14(7-9(16)17)11(2,3)4/h5-7H2,1-4H3,(H,12,15)(H,13,18)(H,16,17). The predicted octanol–water partition coefficient (Wildman–Crippen LogP) is 0.0172. The number of aliphatic carboxylic acids is 1. The van der Waals surface area contributed by atoms with Gasteiger partial charge < -0.3 is 20.6 Å². The number of urea groups is 1. The number of carboxylic acids is 1. The van der Waals surface area contributed by atoms with Crippen LogP contribution in [0.2, 0.25) is 0 Å². The summed E-state index contributed by atoms with van der Waals surface area (Å²) in [5.74, 6) is -1.41. The zero-order valence-electron chi connectivity index (χ0n) is 11.2. The number of carboxylic acid groups (broad SMARTS) is 1. The maximum Gasteiger partial charge on any atom is 0.323 e. The van der Waals surface area contributed by atoms with Gasteiger partial charge in [-0.1, -0.05) is 0 Å². The van der Waals surface area contributed by atoms with Gasteiger partial charge in [-0.05, 0) is 27.7 Å². The maximum atomic E-state index is 11.8. The molecular formula is C11H21N3O4. The molecule has 0 fully saturated rings. The van der Waals surface area contributed by atoms with Crippen molar-refractivity contribution in [2.45, 2.75) is 33.2 Å². The lowest BCUT2D eigenvalue weighted by molar-refractivity contribution is -0.138. The van der Waals surface area contributed by atoms with Gasteiger partial charge in [0.05, 0.1) is 6.54 Å². The predicted molar refractivity (Wildman–Crippen MR) is 66.2 cm³/mol. The van der Waals surface area contributed by atoms with Crippen molar-refractivity contribution >= 4 is 17.9 Å². The number of hydrogen-bond acceptors (Lipinski definition) is 3. The van der Waals surface area contributed by atoms with Crippen molar-refractivity contribution in [2.75, 3.05) is 19.6 Å². The van der Waals surface area contributed by atoms with E-state index in [-0.39, 0.29) is 12.5 Å². The highest BCUT2D eigenvalue weighted by molar-refractivity contribution is 5.85. The van der Waals surface area contributed by atoms with Crippen LogP contribution in [-0.2, 0) is 9.59 Å². The molecule has 7 heteroatoms. The quantitative estimate of drug-likeness (QED) is 0.648. The number of carbonyl (C=O) groups excluding carboxylic acids is 2. The van der Waals surface area contributed by atoms with Crippen LogP contribution < -0.4 is 10.6 Å². The van der Waals surface area contributed by atoms with E-state index in [4.69, 9.17) is 5.11 Å². The fourth-order valence-electron chi connectivity index (χ4n) is 1.26. The second-order valence-electron chi connectivity index (χ2n) is 4.76. The van der Waals surface area contributed by atoms with Crippen LogP contribution in [-0.4, -0.2) is 53.1 Å². The average Bonchev–Trinajstić information content (AvgIpc) is 2.21. The number of hydrogen-bond donors (Lipinski definition) is 3. The smallest absolute Gasteiger partial charge is 0.323 e. The summed E-state index contributed by atoms with van der Waals surface area (Å²) in [7, 11) is 0.